The normalized spacial score (nSPS) is 20.2. The second kappa shape index (κ2) is 8.93. The minimum Gasteiger partial charge on any atom is -0.497 e. The van der Waals surface area contributed by atoms with Gasteiger partial charge in [-0.05, 0) is 48.7 Å². The number of benzene rings is 2. The Bertz CT molecular complexity index is 1080. The molecule has 0 bridgehead atoms. The molecular formula is C24H26N4O5. The SMILES string of the molecule is COc1ccc(C2(C)NC(=O)N(CC(=O)NCc3ccc(N4CCCC4=O)cc3)C2=O)cc1. The maximum absolute atomic E-state index is 13.0. The molecule has 2 aromatic carbocycles. The Morgan fingerprint density at radius 2 is 1.79 bits per heavy atom. The van der Waals surface area contributed by atoms with Crippen molar-refractivity contribution in [1.82, 2.24) is 15.5 Å². The predicted octanol–water partition coefficient (Wildman–Crippen LogP) is 1.91. The molecule has 33 heavy (non-hydrogen) atoms. The summed E-state index contributed by atoms with van der Waals surface area (Å²) in [5.41, 5.74) is 1.02. The molecule has 0 radical (unpaired) electrons. The number of nitrogens with one attached hydrogen (secondary N) is 2. The van der Waals surface area contributed by atoms with E-state index in [9.17, 15) is 19.2 Å². The van der Waals surface area contributed by atoms with Crippen LogP contribution in [0.3, 0.4) is 0 Å². The summed E-state index contributed by atoms with van der Waals surface area (Å²) in [5.74, 6) is -0.189. The Balaban J connectivity index is 1.34. The third-order valence-corrected chi connectivity index (χ3v) is 6.06. The molecule has 2 aromatic rings. The van der Waals surface area contributed by atoms with Gasteiger partial charge in [-0.1, -0.05) is 24.3 Å². The van der Waals surface area contributed by atoms with Crippen molar-refractivity contribution in [2.24, 2.45) is 0 Å². The lowest BCUT2D eigenvalue weighted by molar-refractivity contribution is -0.134. The fraction of sp³-hybridized carbons (Fsp3) is 0.333. The van der Waals surface area contributed by atoms with E-state index < -0.39 is 23.4 Å². The smallest absolute Gasteiger partial charge is 0.325 e. The van der Waals surface area contributed by atoms with Crippen molar-refractivity contribution in [2.75, 3.05) is 25.1 Å². The largest absolute Gasteiger partial charge is 0.497 e. The molecule has 172 valence electrons. The predicted molar refractivity (Wildman–Crippen MR) is 120 cm³/mol. The summed E-state index contributed by atoms with van der Waals surface area (Å²) in [5, 5.41) is 5.42. The molecule has 2 aliphatic heterocycles. The van der Waals surface area contributed by atoms with E-state index in [-0.39, 0.29) is 19.0 Å². The number of imide groups is 1. The highest BCUT2D eigenvalue weighted by Gasteiger charge is 2.49. The molecule has 9 nitrogen and oxygen atoms in total. The molecule has 4 rings (SSSR count). The standard InChI is InChI=1S/C24H26N4O5/c1-24(17-7-11-19(33-2)12-8-17)22(31)28(23(32)26-24)15-20(29)25-14-16-5-9-18(10-6-16)27-13-3-4-21(27)30/h5-12H,3-4,13-15H2,1-2H3,(H,25,29)(H,26,32). The Morgan fingerprint density at radius 3 is 2.39 bits per heavy atom. The van der Waals surface area contributed by atoms with E-state index in [2.05, 4.69) is 10.6 Å². The zero-order valence-electron chi connectivity index (χ0n) is 18.6. The summed E-state index contributed by atoms with van der Waals surface area (Å²) in [4.78, 5) is 52.4. The number of anilines is 1. The van der Waals surface area contributed by atoms with Gasteiger partial charge >= 0.3 is 6.03 Å². The third kappa shape index (κ3) is 4.39. The van der Waals surface area contributed by atoms with Crippen LogP contribution in [0.4, 0.5) is 10.5 Å². The quantitative estimate of drug-likeness (QED) is 0.627. The van der Waals surface area contributed by atoms with Gasteiger partial charge in [0, 0.05) is 25.2 Å². The second-order valence-corrected chi connectivity index (χ2v) is 8.27. The minimum atomic E-state index is -1.26. The molecule has 0 saturated carbocycles. The van der Waals surface area contributed by atoms with Gasteiger partial charge in [0.2, 0.25) is 11.8 Å². The summed E-state index contributed by atoms with van der Waals surface area (Å²) in [6, 6.07) is 13.6. The van der Waals surface area contributed by atoms with E-state index >= 15 is 0 Å². The van der Waals surface area contributed by atoms with Crippen LogP contribution in [0.25, 0.3) is 0 Å². The maximum atomic E-state index is 13.0. The minimum absolute atomic E-state index is 0.117. The zero-order chi connectivity index (χ0) is 23.6. The summed E-state index contributed by atoms with van der Waals surface area (Å²) in [6.45, 7) is 2.19. The first-order chi connectivity index (χ1) is 15.8. The van der Waals surface area contributed by atoms with E-state index in [1.54, 1.807) is 43.2 Å². The van der Waals surface area contributed by atoms with Gasteiger partial charge in [-0.15, -0.1) is 0 Å². The molecule has 0 aromatic heterocycles. The molecule has 9 heteroatoms. The van der Waals surface area contributed by atoms with Crippen LogP contribution in [-0.2, 0) is 26.5 Å². The number of carbonyl (C=O) groups excluding carboxylic acids is 4. The van der Waals surface area contributed by atoms with Gasteiger partial charge < -0.3 is 20.3 Å². The van der Waals surface area contributed by atoms with Crippen molar-refractivity contribution < 1.29 is 23.9 Å². The van der Waals surface area contributed by atoms with Crippen molar-refractivity contribution in [3.63, 3.8) is 0 Å². The first-order valence-corrected chi connectivity index (χ1v) is 10.8. The summed E-state index contributed by atoms with van der Waals surface area (Å²) in [6.07, 6.45) is 1.43. The van der Waals surface area contributed by atoms with Gasteiger partial charge in [0.1, 0.15) is 17.8 Å². The van der Waals surface area contributed by atoms with Crippen LogP contribution in [0.1, 0.15) is 30.9 Å². The van der Waals surface area contributed by atoms with Crippen molar-refractivity contribution in [3.05, 3.63) is 59.7 Å². The van der Waals surface area contributed by atoms with E-state index in [1.807, 2.05) is 24.3 Å². The fourth-order valence-electron chi connectivity index (χ4n) is 4.08. The number of hydrogen-bond acceptors (Lipinski definition) is 5. The molecule has 2 heterocycles. The molecule has 5 amide bonds. The summed E-state index contributed by atoms with van der Waals surface area (Å²) < 4.78 is 5.13. The van der Waals surface area contributed by atoms with Gasteiger partial charge in [-0.25, -0.2) is 4.79 Å². The molecule has 1 atom stereocenters. The van der Waals surface area contributed by atoms with Gasteiger partial charge in [-0.2, -0.15) is 0 Å². The lowest BCUT2D eigenvalue weighted by Gasteiger charge is -2.22. The Morgan fingerprint density at radius 1 is 1.09 bits per heavy atom. The molecule has 2 fully saturated rings. The van der Waals surface area contributed by atoms with Gasteiger partial charge in [-0.3, -0.25) is 19.3 Å². The van der Waals surface area contributed by atoms with Crippen LogP contribution < -0.4 is 20.3 Å². The lowest BCUT2D eigenvalue weighted by Crippen LogP contribution is -2.43. The van der Waals surface area contributed by atoms with E-state index in [4.69, 9.17) is 4.74 Å². The average molecular weight is 450 g/mol. The number of ether oxygens (including phenoxy) is 1. The Kier molecular flexibility index (Phi) is 6.04. The van der Waals surface area contributed by atoms with Gasteiger partial charge in [0.15, 0.2) is 0 Å². The molecule has 2 saturated heterocycles. The van der Waals surface area contributed by atoms with Gasteiger partial charge in [0.25, 0.3) is 5.91 Å². The molecular weight excluding hydrogens is 424 g/mol. The highest BCUT2D eigenvalue weighted by atomic mass is 16.5. The number of rotatable bonds is 7. The highest BCUT2D eigenvalue weighted by Crippen LogP contribution is 2.30. The fourth-order valence-corrected chi connectivity index (χ4v) is 4.08. The van der Waals surface area contributed by atoms with Crippen molar-refractivity contribution >= 4 is 29.4 Å². The maximum Gasteiger partial charge on any atom is 0.325 e. The topological polar surface area (TPSA) is 108 Å². The number of amides is 5. The van der Waals surface area contributed by atoms with E-state index in [0.29, 0.717) is 17.7 Å². The van der Waals surface area contributed by atoms with Crippen LogP contribution in [0, 0.1) is 0 Å². The van der Waals surface area contributed by atoms with Crippen LogP contribution in [0.5, 0.6) is 5.75 Å². The second-order valence-electron chi connectivity index (χ2n) is 8.27. The molecule has 0 spiro atoms. The first-order valence-electron chi connectivity index (χ1n) is 10.8. The average Bonchev–Trinajstić information content (AvgIpc) is 3.34. The summed E-state index contributed by atoms with van der Waals surface area (Å²) >= 11 is 0. The van der Waals surface area contributed by atoms with Crippen molar-refractivity contribution in [3.8, 4) is 5.75 Å². The van der Waals surface area contributed by atoms with E-state index in [0.717, 1.165) is 29.1 Å². The lowest BCUT2D eigenvalue weighted by atomic mass is 9.92. The van der Waals surface area contributed by atoms with Crippen LogP contribution in [-0.4, -0.2) is 48.9 Å². The molecule has 1 unspecified atom stereocenters. The molecule has 2 aliphatic rings. The number of urea groups is 1. The number of hydrogen-bond donors (Lipinski definition) is 2. The van der Waals surface area contributed by atoms with Crippen LogP contribution >= 0.6 is 0 Å². The van der Waals surface area contributed by atoms with Crippen LogP contribution in [0.2, 0.25) is 0 Å². The first kappa shape index (κ1) is 22.3. The van der Waals surface area contributed by atoms with Crippen molar-refractivity contribution in [1.29, 1.82) is 0 Å². The summed E-state index contributed by atoms with van der Waals surface area (Å²) in [7, 11) is 1.54. The molecule has 2 N–H and O–H groups in total. The third-order valence-electron chi connectivity index (χ3n) is 6.06. The van der Waals surface area contributed by atoms with Crippen molar-refractivity contribution in [2.45, 2.75) is 31.8 Å². The Hall–Kier alpha value is -3.88. The Labute approximate surface area is 191 Å². The number of carbonyl (C=O) groups is 4. The van der Waals surface area contributed by atoms with Gasteiger partial charge in [0.05, 0.1) is 7.11 Å². The number of methoxy groups -OCH3 is 1. The van der Waals surface area contributed by atoms with E-state index in [1.165, 1.54) is 0 Å². The zero-order valence-corrected chi connectivity index (χ0v) is 18.6. The monoisotopic (exact) mass is 450 g/mol. The highest BCUT2D eigenvalue weighted by molar-refractivity contribution is 6.09. The van der Waals surface area contributed by atoms with Crippen LogP contribution in [0.15, 0.2) is 48.5 Å². The molecule has 0 aliphatic carbocycles. The number of nitrogens with zero attached hydrogens (tertiary/aromatic N) is 2.